The van der Waals surface area contributed by atoms with Crippen molar-refractivity contribution in [1.82, 2.24) is 18.8 Å². The molecule has 0 aliphatic carbocycles. The van der Waals surface area contributed by atoms with Gasteiger partial charge in [0.05, 0.1) is 6.33 Å². The SMILES string of the molecule is CC(=O)N1CCCN(S(=O)(=O)c2c(N)ncn2C)CC1. The number of rotatable bonds is 2. The van der Waals surface area contributed by atoms with Crippen LogP contribution in [0.3, 0.4) is 0 Å². The van der Waals surface area contributed by atoms with Gasteiger partial charge >= 0.3 is 0 Å². The molecule has 0 saturated carbocycles. The number of hydrogen-bond donors (Lipinski definition) is 1. The lowest BCUT2D eigenvalue weighted by molar-refractivity contribution is -0.128. The first-order valence-corrected chi connectivity index (χ1v) is 7.80. The first kappa shape index (κ1) is 14.8. The molecule has 1 aliphatic rings. The predicted octanol–water partition coefficient (Wildman–Crippen LogP) is -0.755. The third-order valence-electron chi connectivity index (χ3n) is 3.39. The Balaban J connectivity index is 2.25. The Labute approximate surface area is 118 Å². The molecule has 20 heavy (non-hydrogen) atoms. The van der Waals surface area contributed by atoms with Gasteiger partial charge in [0, 0.05) is 40.2 Å². The molecule has 0 bridgehead atoms. The standard InChI is InChI=1S/C11H19N5O3S/c1-9(17)15-4-3-5-16(7-6-15)20(18,19)11-10(12)13-8-14(11)2/h8H,3-7,12H2,1-2H3. The minimum Gasteiger partial charge on any atom is -0.381 e. The molecule has 1 aromatic heterocycles. The van der Waals surface area contributed by atoms with Gasteiger partial charge in [-0.15, -0.1) is 0 Å². The summed E-state index contributed by atoms with van der Waals surface area (Å²) in [4.78, 5) is 16.8. The van der Waals surface area contributed by atoms with Crippen molar-refractivity contribution in [2.24, 2.45) is 7.05 Å². The fourth-order valence-electron chi connectivity index (χ4n) is 2.32. The Bertz CT molecular complexity index is 590. The third-order valence-corrected chi connectivity index (χ3v) is 5.42. The molecule has 2 heterocycles. The van der Waals surface area contributed by atoms with E-state index in [1.54, 1.807) is 11.9 Å². The Kier molecular flexibility index (Phi) is 4.00. The van der Waals surface area contributed by atoms with Crippen LogP contribution in [0.4, 0.5) is 5.82 Å². The van der Waals surface area contributed by atoms with Crippen molar-refractivity contribution in [3.63, 3.8) is 0 Å². The van der Waals surface area contributed by atoms with Crippen molar-refractivity contribution in [1.29, 1.82) is 0 Å². The number of nitrogens with zero attached hydrogens (tertiary/aromatic N) is 4. The summed E-state index contributed by atoms with van der Waals surface area (Å²) in [6.45, 7) is 3.10. The van der Waals surface area contributed by atoms with Crippen molar-refractivity contribution in [2.45, 2.75) is 18.4 Å². The third kappa shape index (κ3) is 2.63. The van der Waals surface area contributed by atoms with E-state index in [1.165, 1.54) is 22.1 Å². The highest BCUT2D eigenvalue weighted by molar-refractivity contribution is 7.89. The first-order valence-electron chi connectivity index (χ1n) is 6.36. The number of carbonyl (C=O) groups excluding carboxylic acids is 1. The average Bonchev–Trinajstić information content (AvgIpc) is 2.60. The molecule has 1 aliphatic heterocycles. The minimum atomic E-state index is -3.68. The normalized spacial score (nSPS) is 18.0. The van der Waals surface area contributed by atoms with E-state index in [0.29, 0.717) is 26.1 Å². The summed E-state index contributed by atoms with van der Waals surface area (Å²) >= 11 is 0. The van der Waals surface area contributed by atoms with Crippen LogP contribution >= 0.6 is 0 Å². The van der Waals surface area contributed by atoms with Crippen LogP contribution in [0.2, 0.25) is 0 Å². The highest BCUT2D eigenvalue weighted by atomic mass is 32.2. The summed E-state index contributed by atoms with van der Waals surface area (Å²) in [6.07, 6.45) is 1.98. The van der Waals surface area contributed by atoms with E-state index in [4.69, 9.17) is 5.73 Å². The summed E-state index contributed by atoms with van der Waals surface area (Å²) in [5.41, 5.74) is 5.65. The molecule has 9 heteroatoms. The molecule has 112 valence electrons. The molecule has 8 nitrogen and oxygen atoms in total. The zero-order valence-corrected chi connectivity index (χ0v) is 12.4. The van der Waals surface area contributed by atoms with Crippen LogP contribution < -0.4 is 5.73 Å². The molecule has 0 radical (unpaired) electrons. The van der Waals surface area contributed by atoms with E-state index < -0.39 is 10.0 Å². The molecule has 0 aromatic carbocycles. The van der Waals surface area contributed by atoms with Crippen molar-refractivity contribution in [3.8, 4) is 0 Å². The number of nitrogen functional groups attached to an aromatic ring is 1. The van der Waals surface area contributed by atoms with Gasteiger partial charge < -0.3 is 15.2 Å². The zero-order chi connectivity index (χ0) is 14.9. The highest BCUT2D eigenvalue weighted by Gasteiger charge is 2.31. The lowest BCUT2D eigenvalue weighted by atomic mass is 10.4. The maximum Gasteiger partial charge on any atom is 0.262 e. The number of aromatic nitrogens is 2. The molecule has 0 unspecified atom stereocenters. The number of hydrogen-bond acceptors (Lipinski definition) is 5. The second-order valence-electron chi connectivity index (χ2n) is 4.81. The fraction of sp³-hybridized carbons (Fsp3) is 0.636. The minimum absolute atomic E-state index is 0.000158. The highest BCUT2D eigenvalue weighted by Crippen LogP contribution is 2.21. The molecule has 1 aromatic rings. The molecule has 0 spiro atoms. The summed E-state index contributed by atoms with van der Waals surface area (Å²) < 4.78 is 28.0. The van der Waals surface area contributed by atoms with Gasteiger partial charge in [0.25, 0.3) is 10.0 Å². The maximum atomic E-state index is 12.6. The van der Waals surface area contributed by atoms with Crippen molar-refractivity contribution in [2.75, 3.05) is 31.9 Å². The number of amides is 1. The lowest BCUT2D eigenvalue weighted by Crippen LogP contribution is -2.37. The molecular formula is C11H19N5O3S. The van der Waals surface area contributed by atoms with Crippen LogP contribution in [0, 0.1) is 0 Å². The molecule has 1 amide bonds. The Morgan fingerprint density at radius 1 is 1.30 bits per heavy atom. The van der Waals surface area contributed by atoms with Gasteiger partial charge in [-0.2, -0.15) is 4.31 Å². The smallest absolute Gasteiger partial charge is 0.262 e. The van der Waals surface area contributed by atoms with E-state index >= 15 is 0 Å². The van der Waals surface area contributed by atoms with Crippen LogP contribution in [0.15, 0.2) is 11.4 Å². The second kappa shape index (κ2) is 5.41. The lowest BCUT2D eigenvalue weighted by Gasteiger charge is -2.21. The van der Waals surface area contributed by atoms with E-state index in [9.17, 15) is 13.2 Å². The van der Waals surface area contributed by atoms with Gasteiger partial charge in [0.2, 0.25) is 5.91 Å². The van der Waals surface area contributed by atoms with Crippen LogP contribution in [0.25, 0.3) is 0 Å². The van der Waals surface area contributed by atoms with Gasteiger partial charge in [-0.1, -0.05) is 0 Å². The fourth-order valence-corrected chi connectivity index (χ4v) is 3.99. The van der Waals surface area contributed by atoms with Crippen LogP contribution in [0.5, 0.6) is 0 Å². The molecule has 2 rings (SSSR count). The number of anilines is 1. The second-order valence-corrected chi connectivity index (χ2v) is 6.66. The Morgan fingerprint density at radius 3 is 2.55 bits per heavy atom. The summed E-state index contributed by atoms with van der Waals surface area (Å²) in [5, 5.41) is 0.00813. The van der Waals surface area contributed by atoms with E-state index in [-0.39, 0.29) is 23.3 Å². The van der Waals surface area contributed by atoms with Crippen LogP contribution in [0.1, 0.15) is 13.3 Å². The predicted molar refractivity (Wildman–Crippen MR) is 73.3 cm³/mol. The zero-order valence-electron chi connectivity index (χ0n) is 11.6. The summed E-state index contributed by atoms with van der Waals surface area (Å²) in [5.74, 6) is -0.0375. The van der Waals surface area contributed by atoms with Gasteiger partial charge in [-0.05, 0) is 6.42 Å². The molecule has 1 saturated heterocycles. The summed E-state index contributed by atoms with van der Waals surface area (Å²) in [7, 11) is -2.09. The van der Waals surface area contributed by atoms with Gasteiger partial charge in [0.1, 0.15) is 0 Å². The first-order chi connectivity index (χ1) is 9.34. The van der Waals surface area contributed by atoms with Crippen molar-refractivity contribution >= 4 is 21.7 Å². The van der Waals surface area contributed by atoms with E-state index in [2.05, 4.69) is 4.98 Å². The molecule has 0 atom stereocenters. The number of aryl methyl sites for hydroxylation is 1. The van der Waals surface area contributed by atoms with Crippen molar-refractivity contribution < 1.29 is 13.2 Å². The maximum absolute atomic E-state index is 12.6. The topological polar surface area (TPSA) is 102 Å². The van der Waals surface area contributed by atoms with Gasteiger partial charge in [-0.3, -0.25) is 4.79 Å². The quantitative estimate of drug-likeness (QED) is 0.774. The molecule has 2 N–H and O–H groups in total. The summed E-state index contributed by atoms with van der Waals surface area (Å²) in [6, 6.07) is 0. The number of imidazole rings is 1. The van der Waals surface area contributed by atoms with Gasteiger partial charge in [-0.25, -0.2) is 13.4 Å². The van der Waals surface area contributed by atoms with Crippen molar-refractivity contribution in [3.05, 3.63) is 6.33 Å². The monoisotopic (exact) mass is 301 g/mol. The molecular weight excluding hydrogens is 282 g/mol. The average molecular weight is 301 g/mol. The van der Waals surface area contributed by atoms with Crippen LogP contribution in [-0.4, -0.2) is 59.3 Å². The van der Waals surface area contributed by atoms with E-state index in [1.807, 2.05) is 0 Å². The largest absolute Gasteiger partial charge is 0.381 e. The number of carbonyl (C=O) groups is 1. The Hall–Kier alpha value is -1.61. The Morgan fingerprint density at radius 2 is 2.00 bits per heavy atom. The van der Waals surface area contributed by atoms with E-state index in [0.717, 1.165) is 0 Å². The number of sulfonamides is 1. The van der Waals surface area contributed by atoms with Crippen LogP contribution in [-0.2, 0) is 21.9 Å². The number of nitrogens with two attached hydrogens (primary N) is 1. The van der Waals surface area contributed by atoms with Gasteiger partial charge in [0.15, 0.2) is 10.8 Å². The molecule has 1 fully saturated rings.